The molecular weight excluding hydrogens is 384 g/mol. The third kappa shape index (κ3) is 5.70. The molecule has 0 amide bonds. The van der Waals surface area contributed by atoms with E-state index >= 15 is 0 Å². The van der Waals surface area contributed by atoms with Gasteiger partial charge in [-0.1, -0.05) is 58.7 Å². The molecule has 0 heterocycles. The molecule has 2 nitrogen and oxygen atoms in total. The molecule has 3 heteroatoms. The van der Waals surface area contributed by atoms with Crippen LogP contribution < -0.4 is 5.32 Å². The summed E-state index contributed by atoms with van der Waals surface area (Å²) >= 11 is 4.73. The molecule has 0 aliphatic rings. The highest BCUT2D eigenvalue weighted by molar-refractivity contribution is 7.81. The number of hydrogen-bond acceptors (Lipinski definition) is 2. The van der Waals surface area contributed by atoms with Gasteiger partial charge in [-0.15, -0.1) is 5.92 Å². The first-order valence-electron chi connectivity index (χ1n) is 10.9. The van der Waals surface area contributed by atoms with Crippen molar-refractivity contribution in [2.75, 3.05) is 0 Å². The van der Waals surface area contributed by atoms with E-state index in [0.717, 1.165) is 17.5 Å². The fourth-order valence-corrected chi connectivity index (χ4v) is 3.85. The zero-order valence-corrected chi connectivity index (χ0v) is 20.3. The monoisotopic (exact) mass is 420 g/mol. The molecule has 0 fully saturated rings. The largest absolute Gasteiger partial charge is 0.366 e. The second-order valence-corrected chi connectivity index (χ2v) is 9.31. The van der Waals surface area contributed by atoms with Crippen LogP contribution >= 0.6 is 12.6 Å². The highest BCUT2D eigenvalue weighted by atomic mass is 32.1. The van der Waals surface area contributed by atoms with Gasteiger partial charge in [-0.05, 0) is 72.2 Å². The normalized spacial score (nSPS) is 13.9. The lowest BCUT2D eigenvalue weighted by Gasteiger charge is -2.26. The van der Waals surface area contributed by atoms with Crippen LogP contribution in [0.4, 0.5) is 0 Å². The van der Waals surface area contributed by atoms with Gasteiger partial charge in [-0.25, -0.2) is 0 Å². The van der Waals surface area contributed by atoms with Gasteiger partial charge in [0.25, 0.3) is 0 Å². The fraction of sp³-hybridized carbons (Fsp3) is 0.444. The quantitative estimate of drug-likeness (QED) is 0.189. The van der Waals surface area contributed by atoms with Crippen LogP contribution in [0.25, 0.3) is 11.1 Å². The van der Waals surface area contributed by atoms with Crippen LogP contribution in [0.1, 0.15) is 82.2 Å². The van der Waals surface area contributed by atoms with Gasteiger partial charge < -0.3 is 5.32 Å². The molecule has 0 aliphatic heterocycles. The standard InChI is InChI=1S/C27H36N2S/c1-8-10-21-12-14-23(18(5)9-2)25(15-21)24-16-22(13-11-19(24)6)26(20(7)30)29-27(28)17(3)4/h11-18,20,26,30H,9H2,1-7H3,(H2,28,29). The Kier molecular flexibility index (Phi) is 8.62. The second kappa shape index (κ2) is 10.7. The van der Waals surface area contributed by atoms with Crippen molar-refractivity contribution in [3.63, 3.8) is 0 Å². The van der Waals surface area contributed by atoms with Crippen molar-refractivity contribution in [3.8, 4) is 23.0 Å². The predicted octanol–water partition coefficient (Wildman–Crippen LogP) is 7.13. The maximum absolute atomic E-state index is 8.31. The number of hydrogen-bond donors (Lipinski definition) is 3. The highest BCUT2D eigenvalue weighted by Crippen LogP contribution is 2.36. The first kappa shape index (κ1) is 24.1. The molecule has 0 spiro atoms. The average Bonchev–Trinajstić information content (AvgIpc) is 2.71. The first-order valence-corrected chi connectivity index (χ1v) is 11.4. The van der Waals surface area contributed by atoms with Gasteiger partial charge >= 0.3 is 0 Å². The van der Waals surface area contributed by atoms with Gasteiger partial charge in [-0.3, -0.25) is 5.41 Å². The van der Waals surface area contributed by atoms with Crippen molar-refractivity contribution >= 4 is 18.5 Å². The lowest BCUT2D eigenvalue weighted by Crippen LogP contribution is -2.35. The summed E-state index contributed by atoms with van der Waals surface area (Å²) in [5, 5.41) is 11.8. The molecule has 2 rings (SSSR count). The summed E-state index contributed by atoms with van der Waals surface area (Å²) in [5.74, 6) is 7.41. The Morgan fingerprint density at radius 3 is 2.33 bits per heavy atom. The molecule has 30 heavy (non-hydrogen) atoms. The summed E-state index contributed by atoms with van der Waals surface area (Å²) in [4.78, 5) is 0. The Morgan fingerprint density at radius 1 is 1.07 bits per heavy atom. The van der Waals surface area contributed by atoms with E-state index in [4.69, 9.17) is 18.0 Å². The minimum absolute atomic E-state index is 0.0201. The number of benzene rings is 2. The predicted molar refractivity (Wildman–Crippen MR) is 135 cm³/mol. The molecule has 2 N–H and O–H groups in total. The molecule has 0 saturated carbocycles. The van der Waals surface area contributed by atoms with Gasteiger partial charge in [-0.2, -0.15) is 12.6 Å². The Bertz CT molecular complexity index is 947. The maximum atomic E-state index is 8.31. The lowest BCUT2D eigenvalue weighted by molar-refractivity contribution is 0.616. The van der Waals surface area contributed by atoms with Crippen molar-refractivity contribution in [2.45, 2.75) is 72.1 Å². The van der Waals surface area contributed by atoms with Crippen LogP contribution in [0.3, 0.4) is 0 Å². The smallest absolute Gasteiger partial charge is 0.0962 e. The molecule has 3 atom stereocenters. The summed E-state index contributed by atoms with van der Waals surface area (Å²) in [6.07, 6.45) is 1.09. The average molecular weight is 421 g/mol. The minimum atomic E-state index is -0.0201. The molecule has 0 radical (unpaired) electrons. The summed E-state index contributed by atoms with van der Waals surface area (Å²) in [5.41, 5.74) is 7.30. The van der Waals surface area contributed by atoms with E-state index in [0.29, 0.717) is 11.8 Å². The number of aryl methyl sites for hydroxylation is 1. The molecular formula is C27H36N2S. The van der Waals surface area contributed by atoms with Gasteiger partial charge in [0, 0.05) is 16.7 Å². The van der Waals surface area contributed by atoms with E-state index in [9.17, 15) is 0 Å². The fourth-order valence-electron chi connectivity index (χ4n) is 3.60. The van der Waals surface area contributed by atoms with Crippen LogP contribution in [-0.2, 0) is 0 Å². The minimum Gasteiger partial charge on any atom is -0.366 e. The topological polar surface area (TPSA) is 35.9 Å². The molecule has 160 valence electrons. The Morgan fingerprint density at radius 2 is 1.77 bits per heavy atom. The van der Waals surface area contributed by atoms with Crippen molar-refractivity contribution in [1.82, 2.24) is 5.32 Å². The van der Waals surface area contributed by atoms with Gasteiger partial charge in [0.05, 0.1) is 11.9 Å². The third-order valence-electron chi connectivity index (χ3n) is 5.75. The van der Waals surface area contributed by atoms with Gasteiger partial charge in [0.1, 0.15) is 0 Å². The summed E-state index contributed by atoms with van der Waals surface area (Å²) in [6.45, 7) is 14.7. The van der Waals surface area contributed by atoms with Gasteiger partial charge in [0.15, 0.2) is 0 Å². The molecule has 2 aromatic rings. The van der Waals surface area contributed by atoms with Crippen LogP contribution in [0.15, 0.2) is 36.4 Å². The van der Waals surface area contributed by atoms with Crippen LogP contribution in [0.2, 0.25) is 0 Å². The zero-order chi connectivity index (χ0) is 22.4. The molecule has 3 unspecified atom stereocenters. The number of amidine groups is 1. The summed E-state index contributed by atoms with van der Waals surface area (Å²) < 4.78 is 0. The SMILES string of the molecule is CC#Cc1ccc(C(C)CC)c(-c2cc(C(NC(=N)C(C)C)C(C)S)ccc2C)c1. The molecule has 0 bridgehead atoms. The van der Waals surface area contributed by atoms with E-state index in [1.165, 1.54) is 22.3 Å². The van der Waals surface area contributed by atoms with E-state index in [1.54, 1.807) is 0 Å². The van der Waals surface area contributed by atoms with E-state index in [1.807, 2.05) is 20.8 Å². The molecule has 0 saturated heterocycles. The van der Waals surface area contributed by atoms with Crippen molar-refractivity contribution in [1.29, 1.82) is 5.41 Å². The second-order valence-electron chi connectivity index (χ2n) is 8.49. The summed E-state index contributed by atoms with van der Waals surface area (Å²) in [7, 11) is 0. The Labute approximate surface area is 188 Å². The number of nitrogens with one attached hydrogen (secondary N) is 2. The van der Waals surface area contributed by atoms with E-state index < -0.39 is 0 Å². The molecule has 0 aliphatic carbocycles. The van der Waals surface area contributed by atoms with Crippen molar-refractivity contribution in [3.05, 3.63) is 58.7 Å². The third-order valence-corrected chi connectivity index (χ3v) is 6.05. The van der Waals surface area contributed by atoms with Crippen molar-refractivity contribution < 1.29 is 0 Å². The van der Waals surface area contributed by atoms with Crippen LogP contribution in [0.5, 0.6) is 0 Å². The Balaban J connectivity index is 2.63. The van der Waals surface area contributed by atoms with Crippen LogP contribution in [-0.4, -0.2) is 11.1 Å². The number of rotatable bonds is 7. The first-order chi connectivity index (χ1) is 14.2. The molecule has 0 aromatic heterocycles. The lowest BCUT2D eigenvalue weighted by atomic mass is 9.86. The molecule has 2 aromatic carbocycles. The van der Waals surface area contributed by atoms with E-state index in [2.05, 4.69) is 81.3 Å². The number of thiol groups is 1. The maximum Gasteiger partial charge on any atom is 0.0962 e. The van der Waals surface area contributed by atoms with Gasteiger partial charge in [0.2, 0.25) is 0 Å². The van der Waals surface area contributed by atoms with Crippen molar-refractivity contribution in [2.24, 2.45) is 5.92 Å². The highest BCUT2D eigenvalue weighted by Gasteiger charge is 2.21. The van der Waals surface area contributed by atoms with Crippen LogP contribution in [0, 0.1) is 30.1 Å². The summed E-state index contributed by atoms with van der Waals surface area (Å²) in [6, 6.07) is 13.2. The Hall–Kier alpha value is -2.18. The van der Waals surface area contributed by atoms with E-state index in [-0.39, 0.29) is 17.2 Å². The zero-order valence-electron chi connectivity index (χ0n) is 19.4.